The van der Waals surface area contributed by atoms with Gasteiger partial charge in [-0.1, -0.05) is 133 Å². The zero-order chi connectivity index (χ0) is 32.8. The Morgan fingerprint density at radius 2 is 1.14 bits per heavy atom. The maximum Gasteiger partial charge on any atom is 0.236 e. The van der Waals surface area contributed by atoms with Gasteiger partial charge in [-0.25, -0.2) is 9.97 Å². The van der Waals surface area contributed by atoms with Gasteiger partial charge in [0.1, 0.15) is 16.8 Å². The standard InChI is InChI=1S/C46H27N3O/c1-2-11-33-27-34(24-21-28(33)9-1)29-19-22-32(23-20-29)43-45-44(36-15-5-6-18-40(36)50-45)48-46(47-43)49-38-17-8-13-31-12-7-16-37(41(31)38)42-35-14-4-3-10-30(35)25-26-39(42)49/h1-27H. The molecular formula is C46H27N3O. The van der Waals surface area contributed by atoms with Crippen LogP contribution in [0, 0.1) is 0 Å². The quantitative estimate of drug-likeness (QED) is 0.193. The van der Waals surface area contributed by atoms with Gasteiger partial charge in [0.15, 0.2) is 5.58 Å². The summed E-state index contributed by atoms with van der Waals surface area (Å²) < 4.78 is 6.54. The van der Waals surface area contributed by atoms with Crippen molar-refractivity contribution in [3.8, 4) is 33.5 Å². The van der Waals surface area contributed by atoms with E-state index in [9.17, 15) is 0 Å². The molecule has 0 fully saturated rings. The van der Waals surface area contributed by atoms with Crippen molar-refractivity contribution in [2.75, 3.05) is 4.90 Å². The minimum atomic E-state index is 0.608. The van der Waals surface area contributed by atoms with Gasteiger partial charge < -0.3 is 4.42 Å². The van der Waals surface area contributed by atoms with Crippen molar-refractivity contribution >= 4 is 71.7 Å². The van der Waals surface area contributed by atoms with Crippen molar-refractivity contribution in [3.05, 3.63) is 164 Å². The molecule has 0 N–H and O–H groups in total. The molecule has 50 heavy (non-hydrogen) atoms. The van der Waals surface area contributed by atoms with E-state index >= 15 is 0 Å². The van der Waals surface area contributed by atoms with Crippen LogP contribution in [0.5, 0.6) is 0 Å². The number of fused-ring (bicyclic) bond motifs is 8. The van der Waals surface area contributed by atoms with Crippen molar-refractivity contribution in [1.82, 2.24) is 9.97 Å². The van der Waals surface area contributed by atoms with Crippen LogP contribution in [-0.2, 0) is 0 Å². The molecule has 4 heteroatoms. The monoisotopic (exact) mass is 637 g/mol. The molecule has 2 aromatic heterocycles. The first kappa shape index (κ1) is 27.2. The average molecular weight is 638 g/mol. The Morgan fingerprint density at radius 1 is 0.460 bits per heavy atom. The summed E-state index contributed by atoms with van der Waals surface area (Å²) in [5.74, 6) is 0.608. The van der Waals surface area contributed by atoms with Crippen molar-refractivity contribution in [2.45, 2.75) is 0 Å². The summed E-state index contributed by atoms with van der Waals surface area (Å²) in [6.07, 6.45) is 0. The lowest BCUT2D eigenvalue weighted by Crippen LogP contribution is -2.18. The van der Waals surface area contributed by atoms with Crippen molar-refractivity contribution in [3.63, 3.8) is 0 Å². The van der Waals surface area contributed by atoms with E-state index in [4.69, 9.17) is 14.4 Å². The predicted molar refractivity (Wildman–Crippen MR) is 206 cm³/mol. The van der Waals surface area contributed by atoms with Crippen LogP contribution in [0.15, 0.2) is 168 Å². The Bertz CT molecular complexity index is 2990. The maximum absolute atomic E-state index is 6.54. The van der Waals surface area contributed by atoms with Gasteiger partial charge in [0.05, 0.1) is 11.4 Å². The summed E-state index contributed by atoms with van der Waals surface area (Å²) in [5.41, 5.74) is 10.9. The topological polar surface area (TPSA) is 42.2 Å². The fourth-order valence-corrected chi connectivity index (χ4v) is 7.85. The zero-order valence-electron chi connectivity index (χ0n) is 26.8. The van der Waals surface area contributed by atoms with Gasteiger partial charge in [-0.3, -0.25) is 4.90 Å². The third-order valence-corrected chi connectivity index (χ3v) is 10.2. The second kappa shape index (κ2) is 10.4. The lowest BCUT2D eigenvalue weighted by atomic mass is 9.88. The molecule has 0 aliphatic carbocycles. The molecule has 10 aromatic rings. The summed E-state index contributed by atoms with van der Waals surface area (Å²) in [6, 6.07) is 58.0. The van der Waals surface area contributed by atoms with E-state index in [1.54, 1.807) is 0 Å². The highest BCUT2D eigenvalue weighted by molar-refractivity contribution is 6.19. The van der Waals surface area contributed by atoms with Crippen molar-refractivity contribution in [2.24, 2.45) is 0 Å². The van der Waals surface area contributed by atoms with E-state index in [-0.39, 0.29) is 0 Å². The largest absolute Gasteiger partial charge is 0.452 e. The summed E-state index contributed by atoms with van der Waals surface area (Å²) in [4.78, 5) is 13.0. The Morgan fingerprint density at radius 3 is 2.02 bits per heavy atom. The van der Waals surface area contributed by atoms with Crippen LogP contribution in [0.1, 0.15) is 0 Å². The van der Waals surface area contributed by atoms with Gasteiger partial charge in [-0.05, 0) is 74.0 Å². The first-order chi connectivity index (χ1) is 24.8. The number of furan rings is 1. The minimum Gasteiger partial charge on any atom is -0.452 e. The summed E-state index contributed by atoms with van der Waals surface area (Å²) in [6.45, 7) is 0. The smallest absolute Gasteiger partial charge is 0.236 e. The lowest BCUT2D eigenvalue weighted by Gasteiger charge is -2.32. The number of hydrogen-bond donors (Lipinski definition) is 0. The molecule has 1 aliphatic rings. The van der Waals surface area contributed by atoms with Crippen molar-refractivity contribution in [1.29, 1.82) is 0 Å². The molecule has 8 aromatic carbocycles. The highest BCUT2D eigenvalue weighted by Crippen LogP contribution is 2.53. The molecule has 0 amide bonds. The number of rotatable bonds is 3. The van der Waals surface area contributed by atoms with Gasteiger partial charge in [0.2, 0.25) is 5.95 Å². The average Bonchev–Trinajstić information content (AvgIpc) is 3.56. The molecule has 0 spiro atoms. The molecule has 0 unspecified atom stereocenters. The van der Waals surface area contributed by atoms with Gasteiger partial charge in [-0.15, -0.1) is 0 Å². The van der Waals surface area contributed by atoms with Crippen LogP contribution in [0.2, 0.25) is 0 Å². The van der Waals surface area contributed by atoms with Crippen LogP contribution < -0.4 is 4.90 Å². The number of benzene rings is 8. The molecule has 0 atom stereocenters. The molecule has 0 bridgehead atoms. The SMILES string of the molecule is c1ccc2cc(-c3ccc(-c4nc(N5c6ccc7ccccc7c6-c6cccc7cccc5c67)nc5c4oc4ccccc45)cc3)ccc2c1. The molecule has 0 radical (unpaired) electrons. The molecule has 0 saturated carbocycles. The molecule has 11 rings (SSSR count). The second-order valence-corrected chi connectivity index (χ2v) is 13.0. The highest BCUT2D eigenvalue weighted by Gasteiger charge is 2.30. The zero-order valence-corrected chi connectivity index (χ0v) is 26.8. The summed E-state index contributed by atoms with van der Waals surface area (Å²) in [5, 5.41) is 8.21. The molecule has 0 saturated heterocycles. The van der Waals surface area contributed by atoms with Crippen LogP contribution >= 0.6 is 0 Å². The third kappa shape index (κ3) is 3.93. The van der Waals surface area contributed by atoms with Crippen molar-refractivity contribution < 1.29 is 4.42 Å². The van der Waals surface area contributed by atoms with E-state index in [0.29, 0.717) is 11.5 Å². The number of hydrogen-bond acceptors (Lipinski definition) is 4. The fourth-order valence-electron chi connectivity index (χ4n) is 7.85. The Balaban J connectivity index is 1.16. The van der Waals surface area contributed by atoms with Crippen LogP contribution in [0.3, 0.4) is 0 Å². The molecule has 3 heterocycles. The van der Waals surface area contributed by atoms with Gasteiger partial charge in [0.25, 0.3) is 0 Å². The molecule has 232 valence electrons. The normalized spacial score (nSPS) is 12.4. The first-order valence-corrected chi connectivity index (χ1v) is 16.9. The third-order valence-electron chi connectivity index (χ3n) is 10.2. The summed E-state index contributed by atoms with van der Waals surface area (Å²) in [7, 11) is 0. The highest BCUT2D eigenvalue weighted by atomic mass is 16.3. The van der Waals surface area contributed by atoms with Gasteiger partial charge in [-0.2, -0.15) is 0 Å². The van der Waals surface area contributed by atoms with E-state index in [1.807, 2.05) is 18.2 Å². The van der Waals surface area contributed by atoms with E-state index in [1.165, 1.54) is 49.0 Å². The maximum atomic E-state index is 6.54. The Hall–Kier alpha value is -6.78. The number of aromatic nitrogens is 2. The second-order valence-electron chi connectivity index (χ2n) is 13.0. The van der Waals surface area contributed by atoms with E-state index in [0.717, 1.165) is 44.7 Å². The minimum absolute atomic E-state index is 0.608. The van der Waals surface area contributed by atoms with E-state index in [2.05, 4.69) is 150 Å². The fraction of sp³-hybridized carbons (Fsp3) is 0. The lowest BCUT2D eigenvalue weighted by molar-refractivity contribution is 0.667. The molecular weight excluding hydrogens is 611 g/mol. The van der Waals surface area contributed by atoms with Crippen LogP contribution in [0.4, 0.5) is 17.3 Å². The van der Waals surface area contributed by atoms with Crippen LogP contribution in [-0.4, -0.2) is 9.97 Å². The van der Waals surface area contributed by atoms with E-state index < -0.39 is 0 Å². The number of anilines is 3. The van der Waals surface area contributed by atoms with Crippen LogP contribution in [0.25, 0.3) is 87.9 Å². The summed E-state index contributed by atoms with van der Waals surface area (Å²) >= 11 is 0. The number of para-hydroxylation sites is 1. The molecule has 1 aliphatic heterocycles. The first-order valence-electron chi connectivity index (χ1n) is 16.9. The number of nitrogens with zero attached hydrogens (tertiary/aromatic N) is 3. The Kier molecular flexibility index (Phi) is 5.63. The predicted octanol–water partition coefficient (Wildman–Crippen LogP) is 12.6. The van der Waals surface area contributed by atoms with Gasteiger partial charge in [0, 0.05) is 21.9 Å². The molecule has 4 nitrogen and oxygen atoms in total. The Labute approximate surface area is 287 Å². The van der Waals surface area contributed by atoms with Gasteiger partial charge >= 0.3 is 0 Å².